The fourth-order valence-electron chi connectivity index (χ4n) is 6.81. The van der Waals surface area contributed by atoms with Crippen LogP contribution in [0.4, 0.5) is 0 Å². The summed E-state index contributed by atoms with van der Waals surface area (Å²) in [7, 11) is -1.82. The molecule has 0 bridgehead atoms. The van der Waals surface area contributed by atoms with Crippen LogP contribution in [-0.4, -0.2) is 24.6 Å². The van der Waals surface area contributed by atoms with E-state index in [4.69, 9.17) is 4.31 Å². The molecule has 1 aromatic rings. The Balaban J connectivity index is 3.27. The first-order valence-electron chi connectivity index (χ1n) is 18.8. The number of hydrogen-bond donors (Lipinski definition) is 0. The molecule has 42 heavy (non-hydrogen) atoms. The van der Waals surface area contributed by atoms with Crippen molar-refractivity contribution in [2.24, 2.45) is 0 Å². The van der Waals surface area contributed by atoms with Crippen LogP contribution < -0.4 is 5.30 Å². The van der Waals surface area contributed by atoms with Gasteiger partial charge >= 0.3 is 266 Å². The summed E-state index contributed by atoms with van der Waals surface area (Å²) in [6, 6.07) is 10.2. The molecular formula is C38H73O2P2+. The fourth-order valence-corrected chi connectivity index (χ4v) is 16.0. The molecule has 2 nitrogen and oxygen atoms in total. The molecular weight excluding hydrogens is 550 g/mol. The van der Waals surface area contributed by atoms with Crippen molar-refractivity contribution in [3.8, 4) is 0 Å². The quantitative estimate of drug-likeness (QED) is 0.0607. The van der Waals surface area contributed by atoms with Crippen molar-refractivity contribution in [2.45, 2.75) is 182 Å². The van der Waals surface area contributed by atoms with Crippen LogP contribution >= 0.6 is 14.9 Å². The Kier molecular flexibility index (Phi) is 24.6. The molecule has 0 aliphatic heterocycles. The first-order chi connectivity index (χ1) is 20.5. The Morgan fingerprint density at radius 2 is 0.738 bits per heavy atom. The molecule has 0 saturated heterocycles. The maximum atomic E-state index is 14.1. The summed E-state index contributed by atoms with van der Waals surface area (Å²) in [5.41, 5.74) is 0. The van der Waals surface area contributed by atoms with Crippen molar-refractivity contribution < 1.29 is 8.88 Å². The fraction of sp³-hybridized carbons (Fsp3) is 0.842. The van der Waals surface area contributed by atoms with Gasteiger partial charge in [-0.1, -0.05) is 0 Å². The van der Waals surface area contributed by atoms with Crippen molar-refractivity contribution in [2.75, 3.05) is 24.6 Å². The van der Waals surface area contributed by atoms with Crippen LogP contribution in [0.25, 0.3) is 0 Å². The van der Waals surface area contributed by atoms with E-state index in [1.165, 1.54) is 179 Å². The summed E-state index contributed by atoms with van der Waals surface area (Å²) >= 11 is 0. The van der Waals surface area contributed by atoms with E-state index in [2.05, 4.69) is 27.7 Å². The van der Waals surface area contributed by atoms with Crippen LogP contribution in [0.5, 0.6) is 0 Å². The summed E-state index contributed by atoms with van der Waals surface area (Å²) < 4.78 is 21.5. The molecule has 0 N–H and O–H groups in total. The third-order valence-electron chi connectivity index (χ3n) is 9.58. The number of benzene rings is 1. The molecule has 0 aliphatic rings. The summed E-state index contributed by atoms with van der Waals surface area (Å²) in [6.45, 7) is 6.57. The minimum absolute atomic E-state index is 0.901. The van der Waals surface area contributed by atoms with E-state index in [1.807, 2.05) is 30.3 Å². The van der Waals surface area contributed by atoms with Gasteiger partial charge in [0, 0.05) is 0 Å². The average molecular weight is 624 g/mol. The van der Waals surface area contributed by atoms with Gasteiger partial charge in [0.05, 0.1) is 0 Å². The van der Waals surface area contributed by atoms with E-state index in [0.717, 1.165) is 5.30 Å². The van der Waals surface area contributed by atoms with Gasteiger partial charge in [-0.15, -0.1) is 0 Å². The van der Waals surface area contributed by atoms with E-state index in [1.54, 1.807) is 0 Å². The van der Waals surface area contributed by atoms with Crippen LogP contribution in [-0.2, 0) is 8.88 Å². The Hall–Kier alpha value is -0.290. The molecule has 0 amide bonds. The predicted octanol–water partition coefficient (Wildman–Crippen LogP) is 14.0. The van der Waals surface area contributed by atoms with Gasteiger partial charge in [0.25, 0.3) is 0 Å². The molecule has 1 unspecified atom stereocenters. The zero-order valence-corrected chi connectivity index (χ0v) is 30.7. The molecule has 0 fully saturated rings. The van der Waals surface area contributed by atoms with E-state index in [0.29, 0.717) is 0 Å². The van der Waals surface area contributed by atoms with Crippen LogP contribution in [0.2, 0.25) is 0 Å². The predicted molar refractivity (Wildman–Crippen MR) is 195 cm³/mol. The van der Waals surface area contributed by atoms with Crippen LogP contribution in [0, 0.1) is 0 Å². The minimum atomic E-state index is -2.66. The Morgan fingerprint density at radius 3 is 1.05 bits per heavy atom. The molecule has 1 aromatic carbocycles. The van der Waals surface area contributed by atoms with Gasteiger partial charge < -0.3 is 0 Å². The van der Waals surface area contributed by atoms with Crippen molar-refractivity contribution in [3.05, 3.63) is 30.3 Å². The Labute approximate surface area is 265 Å². The van der Waals surface area contributed by atoms with E-state index >= 15 is 0 Å². The topological polar surface area (TPSA) is 26.3 Å². The van der Waals surface area contributed by atoms with Crippen molar-refractivity contribution >= 4 is 20.2 Å². The molecule has 1 atom stereocenters. The monoisotopic (exact) mass is 624 g/mol. The van der Waals surface area contributed by atoms with Crippen molar-refractivity contribution in [1.82, 2.24) is 0 Å². The summed E-state index contributed by atoms with van der Waals surface area (Å²) in [5.74, 6) is 0. The molecule has 0 saturated carbocycles. The van der Waals surface area contributed by atoms with Gasteiger partial charge in [-0.2, -0.15) is 0 Å². The number of rotatable bonds is 31. The first kappa shape index (κ1) is 39.7. The van der Waals surface area contributed by atoms with Gasteiger partial charge in [-0.25, -0.2) is 0 Å². The van der Waals surface area contributed by atoms with E-state index in [-0.39, 0.29) is 0 Å². The van der Waals surface area contributed by atoms with Crippen molar-refractivity contribution in [1.29, 1.82) is 0 Å². The molecule has 0 aliphatic carbocycles. The molecule has 0 radical (unpaired) electrons. The van der Waals surface area contributed by atoms with Gasteiger partial charge in [0.1, 0.15) is 0 Å². The summed E-state index contributed by atoms with van der Waals surface area (Å²) in [6.07, 6.45) is 36.6. The zero-order valence-electron chi connectivity index (χ0n) is 28.9. The van der Waals surface area contributed by atoms with E-state index in [9.17, 15) is 4.57 Å². The zero-order chi connectivity index (χ0) is 30.6. The molecule has 0 spiro atoms. The second-order valence-corrected chi connectivity index (χ2v) is 20.7. The van der Waals surface area contributed by atoms with Crippen LogP contribution in [0.1, 0.15) is 182 Å². The molecule has 0 aromatic heterocycles. The van der Waals surface area contributed by atoms with Crippen LogP contribution in [0.3, 0.4) is 0 Å². The standard InChI is InChI=1S/C38H73O2P2/c1-5-9-13-17-21-28-34-42(35-29-22-18-14-10-6-2,36-30-23-19-15-11-7-3,37-31-24-20-16-12-8-4)40-41(39)38-32-26-25-27-33-38/h25-27,32-33H,5-24,28-31,34-37H2,1-4H3/q+1. The third kappa shape index (κ3) is 17.9. The van der Waals surface area contributed by atoms with Crippen molar-refractivity contribution in [3.63, 3.8) is 0 Å². The normalized spacial score (nSPS) is 13.2. The second-order valence-electron chi connectivity index (χ2n) is 13.5. The molecule has 1 rings (SSSR count). The summed E-state index contributed by atoms with van der Waals surface area (Å²) in [4.78, 5) is 0. The first-order valence-corrected chi connectivity index (χ1v) is 22.8. The molecule has 4 heteroatoms. The number of unbranched alkanes of at least 4 members (excludes halogenated alkanes) is 20. The average Bonchev–Trinajstić information content (AvgIpc) is 3.01. The Morgan fingerprint density at radius 1 is 0.452 bits per heavy atom. The van der Waals surface area contributed by atoms with Gasteiger partial charge in [0.2, 0.25) is 0 Å². The summed E-state index contributed by atoms with van der Waals surface area (Å²) in [5, 5.41) is 0.901. The maximum absolute atomic E-state index is 14.1. The van der Waals surface area contributed by atoms with Gasteiger partial charge in [-0.05, 0) is 0 Å². The molecule has 0 heterocycles. The van der Waals surface area contributed by atoms with E-state index < -0.39 is 14.9 Å². The van der Waals surface area contributed by atoms with Crippen LogP contribution in [0.15, 0.2) is 30.3 Å². The van der Waals surface area contributed by atoms with Gasteiger partial charge in [0.15, 0.2) is 0 Å². The second kappa shape index (κ2) is 26.0. The molecule has 246 valence electrons. The number of hydrogen-bond acceptors (Lipinski definition) is 2. The Bertz CT molecular complexity index is 675. The van der Waals surface area contributed by atoms with Gasteiger partial charge in [-0.3, -0.25) is 0 Å². The SMILES string of the molecule is CCCCCCCCP(CCCCCCCC)(CCCCCCCC)(CCCCCCCC)O[P+](=O)c1ccccc1. The third-order valence-corrected chi connectivity index (χ3v) is 18.5.